The fourth-order valence-electron chi connectivity index (χ4n) is 4.33. The summed E-state index contributed by atoms with van der Waals surface area (Å²) in [4.78, 5) is 6.58. The van der Waals surface area contributed by atoms with Crippen LogP contribution in [0.5, 0.6) is 0 Å². The van der Waals surface area contributed by atoms with E-state index in [1.807, 2.05) is 0 Å². The smallest absolute Gasteiger partial charge is 0.220 e. The Balaban J connectivity index is 0.00000320. The van der Waals surface area contributed by atoms with E-state index >= 15 is 0 Å². The minimum Gasteiger partial charge on any atom is -0.385 e. The standard InChI is InChI=1S/C19H33N5O4S.HI/c1-20-18(21-16-19(8-14-27-2)6-3-4-7-19)23-9-11-24(12-10-23)29(25,26)15-17-5-13-28-22-17;/h5,13H,3-4,6-12,14-16H2,1-2H3,(H,20,21);1H. The fourth-order valence-corrected chi connectivity index (χ4v) is 5.75. The van der Waals surface area contributed by atoms with Crippen LogP contribution < -0.4 is 5.32 Å². The zero-order chi connectivity index (χ0) is 20.7. The van der Waals surface area contributed by atoms with E-state index in [1.54, 1.807) is 20.2 Å². The Morgan fingerprint density at radius 1 is 1.30 bits per heavy atom. The lowest BCUT2D eigenvalue weighted by Crippen LogP contribution is -2.54. The van der Waals surface area contributed by atoms with E-state index < -0.39 is 10.0 Å². The van der Waals surface area contributed by atoms with Gasteiger partial charge in [0.1, 0.15) is 12.0 Å². The zero-order valence-corrected chi connectivity index (χ0v) is 21.0. The van der Waals surface area contributed by atoms with Crippen LogP contribution in [0.2, 0.25) is 0 Å². The van der Waals surface area contributed by atoms with Crippen LogP contribution in [-0.4, -0.2) is 82.2 Å². The zero-order valence-electron chi connectivity index (χ0n) is 17.9. The Kier molecular flexibility index (Phi) is 9.82. The van der Waals surface area contributed by atoms with Gasteiger partial charge in [-0.2, -0.15) is 4.31 Å². The van der Waals surface area contributed by atoms with Gasteiger partial charge in [0.15, 0.2) is 5.96 Å². The Bertz CT molecular complexity index is 758. The van der Waals surface area contributed by atoms with Crippen molar-refractivity contribution in [2.45, 2.75) is 37.9 Å². The molecule has 172 valence electrons. The van der Waals surface area contributed by atoms with Gasteiger partial charge in [0.05, 0.1) is 5.69 Å². The van der Waals surface area contributed by atoms with E-state index in [0.717, 1.165) is 25.5 Å². The van der Waals surface area contributed by atoms with Crippen molar-refractivity contribution in [2.75, 3.05) is 53.5 Å². The molecule has 30 heavy (non-hydrogen) atoms. The Morgan fingerprint density at radius 2 is 2.00 bits per heavy atom. The van der Waals surface area contributed by atoms with Crippen molar-refractivity contribution in [2.24, 2.45) is 10.4 Å². The molecule has 1 aromatic rings. The highest BCUT2D eigenvalue weighted by atomic mass is 127. The number of piperazine rings is 1. The van der Waals surface area contributed by atoms with Crippen molar-refractivity contribution in [3.63, 3.8) is 0 Å². The summed E-state index contributed by atoms with van der Waals surface area (Å²) in [6.45, 7) is 3.77. The van der Waals surface area contributed by atoms with Crippen molar-refractivity contribution >= 4 is 40.0 Å². The van der Waals surface area contributed by atoms with E-state index in [2.05, 4.69) is 20.4 Å². The van der Waals surface area contributed by atoms with E-state index in [1.165, 1.54) is 36.3 Å². The average molecular weight is 555 g/mol. The second-order valence-corrected chi connectivity index (χ2v) is 9.95. The van der Waals surface area contributed by atoms with Crippen molar-refractivity contribution < 1.29 is 17.7 Å². The normalized spacial score (nSPS) is 20.2. The number of hydrogen-bond donors (Lipinski definition) is 1. The van der Waals surface area contributed by atoms with Gasteiger partial charge in [-0.1, -0.05) is 18.0 Å². The lowest BCUT2D eigenvalue weighted by Gasteiger charge is -2.37. The summed E-state index contributed by atoms with van der Waals surface area (Å²) in [5.41, 5.74) is 0.706. The van der Waals surface area contributed by atoms with Gasteiger partial charge in [0.2, 0.25) is 10.0 Å². The van der Waals surface area contributed by atoms with Gasteiger partial charge in [-0.3, -0.25) is 4.99 Å². The number of aliphatic imine (C=N–C) groups is 1. The summed E-state index contributed by atoms with van der Waals surface area (Å²) in [6.07, 6.45) is 7.42. The highest BCUT2D eigenvalue weighted by Crippen LogP contribution is 2.40. The van der Waals surface area contributed by atoms with Crippen molar-refractivity contribution in [3.05, 3.63) is 18.0 Å². The van der Waals surface area contributed by atoms with Gasteiger partial charge in [-0.05, 0) is 24.7 Å². The topological polar surface area (TPSA) is 100 Å². The van der Waals surface area contributed by atoms with Crippen molar-refractivity contribution in [1.82, 2.24) is 19.7 Å². The number of nitrogens with zero attached hydrogens (tertiary/aromatic N) is 4. The van der Waals surface area contributed by atoms with Gasteiger partial charge in [0.25, 0.3) is 0 Å². The third kappa shape index (κ3) is 6.54. The van der Waals surface area contributed by atoms with Crippen LogP contribution in [0.15, 0.2) is 21.8 Å². The molecule has 2 aliphatic rings. The highest BCUT2D eigenvalue weighted by molar-refractivity contribution is 14.0. The number of halogens is 1. The molecule has 2 heterocycles. The summed E-state index contributed by atoms with van der Waals surface area (Å²) in [5.74, 6) is 0.723. The highest BCUT2D eigenvalue weighted by Gasteiger charge is 2.34. The molecule has 0 bridgehead atoms. The first-order valence-electron chi connectivity index (χ1n) is 10.3. The molecule has 11 heteroatoms. The molecule has 0 amide bonds. The predicted octanol–water partition coefficient (Wildman–Crippen LogP) is 1.91. The number of methoxy groups -OCH3 is 1. The van der Waals surface area contributed by atoms with Gasteiger partial charge in [-0.15, -0.1) is 24.0 Å². The van der Waals surface area contributed by atoms with E-state index in [0.29, 0.717) is 31.9 Å². The molecule has 0 radical (unpaired) electrons. The first-order chi connectivity index (χ1) is 14.0. The van der Waals surface area contributed by atoms with Gasteiger partial charge in [0, 0.05) is 59.6 Å². The van der Waals surface area contributed by atoms with E-state index in [-0.39, 0.29) is 35.1 Å². The van der Waals surface area contributed by atoms with Gasteiger partial charge >= 0.3 is 0 Å². The average Bonchev–Trinajstić information content (AvgIpc) is 3.40. The molecule has 0 unspecified atom stereocenters. The number of nitrogens with one attached hydrogen (secondary N) is 1. The van der Waals surface area contributed by atoms with Crippen LogP contribution in [0.25, 0.3) is 0 Å². The second-order valence-electron chi connectivity index (χ2n) is 7.98. The van der Waals surface area contributed by atoms with Crippen LogP contribution in [0, 0.1) is 5.41 Å². The SMILES string of the molecule is CN=C(NCC1(CCOC)CCCC1)N1CCN(S(=O)(=O)Cc2ccon2)CC1.I. The third-order valence-corrected chi connectivity index (χ3v) is 7.90. The van der Waals surface area contributed by atoms with Crippen molar-refractivity contribution in [1.29, 1.82) is 0 Å². The van der Waals surface area contributed by atoms with Crippen LogP contribution in [0.3, 0.4) is 0 Å². The molecule has 1 saturated heterocycles. The Hall–Kier alpha value is -0.920. The number of sulfonamides is 1. The first-order valence-corrected chi connectivity index (χ1v) is 11.9. The maximum absolute atomic E-state index is 12.6. The minimum absolute atomic E-state index is 0. The second kappa shape index (κ2) is 11.6. The number of guanidine groups is 1. The third-order valence-electron chi connectivity index (χ3n) is 6.09. The Morgan fingerprint density at radius 3 is 2.57 bits per heavy atom. The lowest BCUT2D eigenvalue weighted by molar-refractivity contribution is 0.137. The molecule has 1 aliphatic carbocycles. The lowest BCUT2D eigenvalue weighted by atomic mass is 9.83. The molecule has 3 rings (SSSR count). The number of rotatable bonds is 8. The molecule has 1 aromatic heterocycles. The molecule has 9 nitrogen and oxygen atoms in total. The summed E-state index contributed by atoms with van der Waals surface area (Å²) >= 11 is 0. The fraction of sp³-hybridized carbons (Fsp3) is 0.789. The van der Waals surface area contributed by atoms with Gasteiger partial charge < -0.3 is 19.5 Å². The summed E-state index contributed by atoms with van der Waals surface area (Å²) in [7, 11) is 0.142. The van der Waals surface area contributed by atoms with E-state index in [9.17, 15) is 8.42 Å². The van der Waals surface area contributed by atoms with Gasteiger partial charge in [-0.25, -0.2) is 8.42 Å². The van der Waals surface area contributed by atoms with Crippen LogP contribution >= 0.6 is 24.0 Å². The molecule has 2 fully saturated rings. The number of aromatic nitrogens is 1. The molecular weight excluding hydrogens is 521 g/mol. The molecule has 1 N–H and O–H groups in total. The predicted molar refractivity (Wildman–Crippen MR) is 126 cm³/mol. The number of ether oxygens (including phenoxy) is 1. The van der Waals surface area contributed by atoms with E-state index in [4.69, 9.17) is 9.26 Å². The number of hydrogen-bond acceptors (Lipinski definition) is 6. The summed E-state index contributed by atoms with van der Waals surface area (Å²) in [6, 6.07) is 1.59. The monoisotopic (exact) mass is 555 g/mol. The minimum atomic E-state index is -3.40. The summed E-state index contributed by atoms with van der Waals surface area (Å²) < 4.78 is 36.8. The molecule has 1 aliphatic heterocycles. The molecule has 1 saturated carbocycles. The molecule has 0 spiro atoms. The Labute approximate surface area is 196 Å². The van der Waals surface area contributed by atoms with Crippen molar-refractivity contribution in [3.8, 4) is 0 Å². The first kappa shape index (κ1) is 25.3. The van der Waals surface area contributed by atoms with Crippen LogP contribution in [-0.2, 0) is 20.5 Å². The molecular formula is C19H34IN5O4S. The summed E-state index contributed by atoms with van der Waals surface area (Å²) in [5, 5.41) is 7.26. The largest absolute Gasteiger partial charge is 0.385 e. The molecule has 0 atom stereocenters. The quantitative estimate of drug-likeness (QED) is 0.297. The van der Waals surface area contributed by atoms with Crippen LogP contribution in [0.1, 0.15) is 37.8 Å². The maximum atomic E-state index is 12.6. The molecule has 0 aromatic carbocycles. The van der Waals surface area contributed by atoms with Crippen LogP contribution in [0.4, 0.5) is 0 Å². The maximum Gasteiger partial charge on any atom is 0.220 e.